The van der Waals surface area contributed by atoms with Gasteiger partial charge in [-0.05, 0) is 24.3 Å². The van der Waals surface area contributed by atoms with Crippen molar-refractivity contribution < 1.29 is 9.53 Å². The molecule has 0 aliphatic rings. The average Bonchev–Trinajstić information content (AvgIpc) is 3.16. The Hall–Kier alpha value is -3.71. The number of aromatic amines is 1. The molecule has 0 aliphatic heterocycles. The maximum Gasteiger partial charge on any atom is 0.343 e. The molecular formula is C21H13ClN4O3. The van der Waals surface area contributed by atoms with Crippen molar-refractivity contribution in [2.75, 3.05) is 0 Å². The number of esters is 1. The van der Waals surface area contributed by atoms with Crippen LogP contribution in [0.5, 0.6) is 0 Å². The summed E-state index contributed by atoms with van der Waals surface area (Å²) in [4.78, 5) is 32.0. The molecular weight excluding hydrogens is 392 g/mol. The van der Waals surface area contributed by atoms with Crippen LogP contribution in [0.2, 0.25) is 5.15 Å². The summed E-state index contributed by atoms with van der Waals surface area (Å²) < 4.78 is 6.94. The van der Waals surface area contributed by atoms with Gasteiger partial charge in [0.1, 0.15) is 17.3 Å². The van der Waals surface area contributed by atoms with E-state index in [2.05, 4.69) is 15.1 Å². The third-order valence-electron chi connectivity index (χ3n) is 4.71. The van der Waals surface area contributed by atoms with Crippen molar-refractivity contribution >= 4 is 45.0 Å². The van der Waals surface area contributed by atoms with Crippen LogP contribution >= 0.6 is 11.6 Å². The van der Waals surface area contributed by atoms with Crippen LogP contribution in [0, 0.1) is 0 Å². The monoisotopic (exact) mass is 404 g/mol. The zero-order valence-corrected chi connectivity index (χ0v) is 15.7. The summed E-state index contributed by atoms with van der Waals surface area (Å²) in [6.45, 7) is -0.0509. The number of carbonyl (C=O) groups excluding carboxylic acids is 1. The van der Waals surface area contributed by atoms with Crippen molar-refractivity contribution in [2.24, 2.45) is 0 Å². The number of halogens is 1. The SMILES string of the molecule is O=C(OCc1cc2ccccc2nc1Cl)c1cnn2c1[nH]c(=O)c1ccccc12. The van der Waals surface area contributed by atoms with Gasteiger partial charge in [0, 0.05) is 10.9 Å². The number of para-hydroxylation sites is 2. The summed E-state index contributed by atoms with van der Waals surface area (Å²) in [7, 11) is 0. The average molecular weight is 405 g/mol. The Morgan fingerprint density at radius 1 is 1.14 bits per heavy atom. The Labute approximate surface area is 168 Å². The maximum atomic E-state index is 12.7. The van der Waals surface area contributed by atoms with Gasteiger partial charge in [0.15, 0.2) is 5.65 Å². The van der Waals surface area contributed by atoms with Gasteiger partial charge in [0.05, 0.1) is 22.6 Å². The number of hydrogen-bond donors (Lipinski definition) is 1. The lowest BCUT2D eigenvalue weighted by Crippen LogP contribution is -2.12. The fourth-order valence-electron chi connectivity index (χ4n) is 3.28. The van der Waals surface area contributed by atoms with Crippen LogP contribution in [0.25, 0.3) is 27.5 Å². The van der Waals surface area contributed by atoms with E-state index in [9.17, 15) is 9.59 Å². The van der Waals surface area contributed by atoms with Crippen LogP contribution < -0.4 is 5.56 Å². The van der Waals surface area contributed by atoms with Gasteiger partial charge in [-0.1, -0.05) is 41.9 Å². The van der Waals surface area contributed by atoms with Crippen LogP contribution in [-0.2, 0) is 11.3 Å². The fraction of sp³-hybridized carbons (Fsp3) is 0.0476. The molecule has 0 saturated heterocycles. The van der Waals surface area contributed by atoms with Gasteiger partial charge in [0.25, 0.3) is 5.56 Å². The van der Waals surface area contributed by atoms with E-state index >= 15 is 0 Å². The van der Waals surface area contributed by atoms with Gasteiger partial charge in [0.2, 0.25) is 0 Å². The van der Waals surface area contributed by atoms with Crippen molar-refractivity contribution in [1.29, 1.82) is 0 Å². The molecule has 3 heterocycles. The van der Waals surface area contributed by atoms with Gasteiger partial charge < -0.3 is 9.72 Å². The van der Waals surface area contributed by atoms with Gasteiger partial charge in [-0.25, -0.2) is 14.3 Å². The first-order chi connectivity index (χ1) is 14.1. The smallest absolute Gasteiger partial charge is 0.343 e. The molecule has 2 aromatic carbocycles. The lowest BCUT2D eigenvalue weighted by molar-refractivity contribution is 0.0475. The van der Waals surface area contributed by atoms with Gasteiger partial charge in [-0.3, -0.25) is 4.79 Å². The number of H-pyrrole nitrogens is 1. The molecule has 3 aromatic heterocycles. The van der Waals surface area contributed by atoms with Crippen LogP contribution in [-0.4, -0.2) is 25.6 Å². The Bertz CT molecular complexity index is 1470. The molecule has 8 heteroatoms. The molecule has 0 radical (unpaired) electrons. The minimum absolute atomic E-state index is 0.0509. The minimum atomic E-state index is -0.616. The summed E-state index contributed by atoms with van der Waals surface area (Å²) >= 11 is 6.23. The van der Waals surface area contributed by atoms with E-state index in [0.29, 0.717) is 16.5 Å². The van der Waals surface area contributed by atoms with E-state index in [1.165, 1.54) is 10.7 Å². The summed E-state index contributed by atoms with van der Waals surface area (Å²) in [6, 6.07) is 16.4. The standard InChI is InChI=1S/C21H13ClN4O3/c22-18-13(9-12-5-1-3-7-16(12)24-18)11-29-21(28)15-10-23-26-17-8-4-2-6-14(17)20(27)25-19(15)26/h1-10H,11H2,(H,25,27). The van der Waals surface area contributed by atoms with Crippen molar-refractivity contribution in [2.45, 2.75) is 6.61 Å². The van der Waals surface area contributed by atoms with E-state index in [-0.39, 0.29) is 28.5 Å². The molecule has 1 N–H and O–H groups in total. The molecule has 0 unspecified atom stereocenters. The maximum absolute atomic E-state index is 12.7. The topological polar surface area (TPSA) is 89.3 Å². The van der Waals surface area contributed by atoms with Crippen molar-refractivity contribution in [3.8, 4) is 0 Å². The predicted octanol–water partition coefficient (Wildman–Crippen LogP) is 3.73. The molecule has 0 aliphatic carbocycles. The first-order valence-electron chi connectivity index (χ1n) is 8.82. The Morgan fingerprint density at radius 3 is 2.83 bits per heavy atom. The van der Waals surface area contributed by atoms with Gasteiger partial charge in [-0.2, -0.15) is 5.10 Å². The minimum Gasteiger partial charge on any atom is -0.457 e. The molecule has 0 amide bonds. The Balaban J connectivity index is 1.48. The molecule has 29 heavy (non-hydrogen) atoms. The van der Waals surface area contributed by atoms with Gasteiger partial charge in [-0.15, -0.1) is 0 Å². The number of carbonyl (C=O) groups is 1. The summed E-state index contributed by atoms with van der Waals surface area (Å²) in [6.07, 6.45) is 1.38. The second-order valence-corrected chi connectivity index (χ2v) is 6.86. The predicted molar refractivity (Wildman–Crippen MR) is 109 cm³/mol. The first kappa shape index (κ1) is 17.4. The highest BCUT2D eigenvalue weighted by molar-refractivity contribution is 6.30. The number of pyridine rings is 1. The lowest BCUT2D eigenvalue weighted by Gasteiger charge is -2.07. The Kier molecular flexibility index (Phi) is 4.03. The lowest BCUT2D eigenvalue weighted by atomic mass is 10.2. The number of rotatable bonds is 3. The molecule has 7 nitrogen and oxygen atoms in total. The molecule has 5 aromatic rings. The molecule has 5 rings (SSSR count). The van der Waals surface area contributed by atoms with E-state index in [1.807, 2.05) is 30.3 Å². The molecule has 0 saturated carbocycles. The van der Waals surface area contributed by atoms with Crippen molar-refractivity contribution in [1.82, 2.24) is 19.6 Å². The second kappa shape index (κ2) is 6.72. The number of fused-ring (bicyclic) bond motifs is 4. The highest BCUT2D eigenvalue weighted by Crippen LogP contribution is 2.22. The highest BCUT2D eigenvalue weighted by atomic mass is 35.5. The molecule has 0 fully saturated rings. The van der Waals surface area contributed by atoms with Crippen LogP contribution in [0.1, 0.15) is 15.9 Å². The summed E-state index contributed by atoms with van der Waals surface area (Å²) in [5, 5.41) is 5.88. The molecule has 0 spiro atoms. The number of aromatic nitrogens is 4. The van der Waals surface area contributed by atoms with E-state index < -0.39 is 5.97 Å². The van der Waals surface area contributed by atoms with E-state index in [1.54, 1.807) is 24.3 Å². The second-order valence-electron chi connectivity index (χ2n) is 6.50. The van der Waals surface area contributed by atoms with Crippen LogP contribution in [0.3, 0.4) is 0 Å². The van der Waals surface area contributed by atoms with Crippen LogP contribution in [0.15, 0.2) is 65.6 Å². The van der Waals surface area contributed by atoms with Crippen molar-refractivity contribution in [3.63, 3.8) is 0 Å². The largest absolute Gasteiger partial charge is 0.457 e. The normalized spacial score (nSPS) is 11.3. The van der Waals surface area contributed by atoms with E-state index in [0.717, 1.165) is 10.9 Å². The summed E-state index contributed by atoms with van der Waals surface area (Å²) in [5.74, 6) is -0.616. The number of nitrogens with one attached hydrogen (secondary N) is 1. The zero-order chi connectivity index (χ0) is 20.0. The molecule has 0 atom stereocenters. The number of nitrogens with zero attached hydrogens (tertiary/aromatic N) is 3. The number of ether oxygens (including phenoxy) is 1. The third kappa shape index (κ3) is 2.92. The van der Waals surface area contributed by atoms with Crippen molar-refractivity contribution in [3.05, 3.63) is 87.4 Å². The van der Waals surface area contributed by atoms with E-state index in [4.69, 9.17) is 16.3 Å². The third-order valence-corrected chi connectivity index (χ3v) is 5.03. The highest BCUT2D eigenvalue weighted by Gasteiger charge is 2.18. The molecule has 142 valence electrons. The van der Waals surface area contributed by atoms with Crippen LogP contribution in [0.4, 0.5) is 0 Å². The Morgan fingerprint density at radius 2 is 1.93 bits per heavy atom. The number of hydrogen-bond acceptors (Lipinski definition) is 5. The molecule has 0 bridgehead atoms. The zero-order valence-electron chi connectivity index (χ0n) is 14.9. The van der Waals surface area contributed by atoms with Gasteiger partial charge >= 0.3 is 5.97 Å². The summed E-state index contributed by atoms with van der Waals surface area (Å²) in [5.41, 5.74) is 2.10. The quantitative estimate of drug-likeness (QED) is 0.365. The fourth-order valence-corrected chi connectivity index (χ4v) is 3.48. The number of benzene rings is 2. The first-order valence-corrected chi connectivity index (χ1v) is 9.19.